The molecule has 11 heteroatoms. The lowest BCUT2D eigenvalue weighted by atomic mass is 9.95. The van der Waals surface area contributed by atoms with E-state index in [4.69, 9.17) is 14.2 Å². The number of ether oxygens (including phenoxy) is 3. The third-order valence-electron chi connectivity index (χ3n) is 5.56. The number of aromatic nitrogens is 3. The highest BCUT2D eigenvalue weighted by molar-refractivity contribution is 9.10. The SMILES string of the molecule is C=CCOC(=O)C1=C(C)Nc2nc(SCC)nn2C1c1cc(Br)c(OCc2ccccc2F)c(OC)c1. The first kappa shape index (κ1) is 26.7. The van der Waals surface area contributed by atoms with Crippen molar-refractivity contribution in [1.82, 2.24) is 14.8 Å². The Morgan fingerprint density at radius 3 is 2.84 bits per heavy atom. The van der Waals surface area contributed by atoms with Crippen molar-refractivity contribution in [3.8, 4) is 11.5 Å². The van der Waals surface area contributed by atoms with Crippen LogP contribution in [0.4, 0.5) is 10.3 Å². The summed E-state index contributed by atoms with van der Waals surface area (Å²) >= 11 is 5.07. The van der Waals surface area contributed by atoms with Crippen LogP contribution in [0.25, 0.3) is 0 Å². The second kappa shape index (κ2) is 11.8. The molecular formula is C26H26BrFN4O4S. The van der Waals surface area contributed by atoms with Crippen LogP contribution in [-0.2, 0) is 16.1 Å². The Morgan fingerprint density at radius 2 is 2.14 bits per heavy atom. The van der Waals surface area contributed by atoms with Crippen molar-refractivity contribution in [2.24, 2.45) is 0 Å². The van der Waals surface area contributed by atoms with Crippen molar-refractivity contribution in [3.05, 3.63) is 81.7 Å². The van der Waals surface area contributed by atoms with Gasteiger partial charge >= 0.3 is 5.97 Å². The van der Waals surface area contributed by atoms with Crippen molar-refractivity contribution >= 4 is 39.6 Å². The van der Waals surface area contributed by atoms with E-state index in [-0.39, 0.29) is 19.0 Å². The summed E-state index contributed by atoms with van der Waals surface area (Å²) in [5, 5.41) is 8.41. The van der Waals surface area contributed by atoms with Crippen LogP contribution in [0.1, 0.15) is 31.0 Å². The molecule has 0 saturated carbocycles. The maximum Gasteiger partial charge on any atom is 0.338 e. The van der Waals surface area contributed by atoms with Gasteiger partial charge in [-0.1, -0.05) is 49.5 Å². The van der Waals surface area contributed by atoms with Crippen LogP contribution in [0.15, 0.2) is 70.0 Å². The predicted molar refractivity (Wildman–Crippen MR) is 143 cm³/mol. The average molecular weight is 589 g/mol. The first-order chi connectivity index (χ1) is 17.9. The van der Waals surface area contributed by atoms with Gasteiger partial charge in [0.25, 0.3) is 0 Å². The quantitative estimate of drug-likeness (QED) is 0.178. The van der Waals surface area contributed by atoms with Gasteiger partial charge < -0.3 is 19.5 Å². The number of carbonyl (C=O) groups is 1. The number of fused-ring (bicyclic) bond motifs is 1. The molecule has 1 N–H and O–H groups in total. The monoisotopic (exact) mass is 588 g/mol. The summed E-state index contributed by atoms with van der Waals surface area (Å²) < 4.78 is 33.3. The fourth-order valence-electron chi connectivity index (χ4n) is 3.91. The number of nitrogens with one attached hydrogen (secondary N) is 1. The van der Waals surface area contributed by atoms with E-state index in [1.54, 1.807) is 35.9 Å². The number of thioether (sulfide) groups is 1. The van der Waals surface area contributed by atoms with Crippen LogP contribution < -0.4 is 14.8 Å². The first-order valence-corrected chi connectivity index (χ1v) is 13.2. The molecule has 0 aliphatic carbocycles. The minimum atomic E-state index is -0.655. The predicted octanol–water partition coefficient (Wildman–Crippen LogP) is 5.90. The molecule has 0 spiro atoms. The third kappa shape index (κ3) is 5.67. The summed E-state index contributed by atoms with van der Waals surface area (Å²) in [6, 6.07) is 9.35. The lowest BCUT2D eigenvalue weighted by molar-refractivity contribution is -0.138. The Hall–Kier alpha value is -3.31. The molecule has 0 fully saturated rings. The standard InChI is InChI=1S/C26H26BrFN4O4S/c1-5-11-35-24(33)21-15(3)29-25-30-26(37-6-2)31-32(25)22(21)17-12-18(27)23(20(13-17)34-4)36-14-16-9-7-8-10-19(16)28/h5,7-10,12-13,22H,1,6,11,14H2,2-4H3,(H,29,30,31). The van der Waals surface area contributed by atoms with E-state index in [0.29, 0.717) is 49.5 Å². The highest BCUT2D eigenvalue weighted by atomic mass is 79.9. The Kier molecular flexibility index (Phi) is 8.55. The molecule has 0 amide bonds. The van der Waals surface area contributed by atoms with Gasteiger partial charge in [-0.05, 0) is 52.4 Å². The maximum absolute atomic E-state index is 14.1. The maximum atomic E-state index is 14.1. The van der Waals surface area contributed by atoms with Crippen LogP contribution in [0.2, 0.25) is 0 Å². The van der Waals surface area contributed by atoms with Crippen molar-refractivity contribution in [2.45, 2.75) is 31.7 Å². The number of carbonyl (C=O) groups excluding carboxylic acids is 1. The van der Waals surface area contributed by atoms with Gasteiger partial charge in [-0.25, -0.2) is 13.9 Å². The molecule has 1 aliphatic heterocycles. The number of esters is 1. The molecule has 8 nitrogen and oxygen atoms in total. The molecule has 0 bridgehead atoms. The minimum absolute atomic E-state index is 0.0112. The summed E-state index contributed by atoms with van der Waals surface area (Å²) in [6.07, 6.45) is 1.51. The van der Waals surface area contributed by atoms with Gasteiger partial charge in [0.1, 0.15) is 25.1 Å². The topological polar surface area (TPSA) is 87.5 Å². The lowest BCUT2D eigenvalue weighted by Gasteiger charge is -2.28. The molecule has 0 saturated heterocycles. The van der Waals surface area contributed by atoms with Crippen LogP contribution >= 0.6 is 27.7 Å². The van der Waals surface area contributed by atoms with E-state index in [1.807, 2.05) is 13.0 Å². The largest absolute Gasteiger partial charge is 0.493 e. The Labute approximate surface area is 227 Å². The summed E-state index contributed by atoms with van der Waals surface area (Å²) in [4.78, 5) is 17.7. The molecule has 4 rings (SSSR count). The van der Waals surface area contributed by atoms with E-state index < -0.39 is 12.0 Å². The van der Waals surface area contributed by atoms with Crippen molar-refractivity contribution in [1.29, 1.82) is 0 Å². The highest BCUT2D eigenvalue weighted by Gasteiger charge is 2.36. The molecule has 1 aliphatic rings. The number of nitrogens with zero attached hydrogens (tertiary/aromatic N) is 3. The van der Waals surface area contributed by atoms with E-state index in [2.05, 4.69) is 37.9 Å². The normalized spacial score (nSPS) is 14.6. The number of hydrogen-bond acceptors (Lipinski definition) is 8. The number of rotatable bonds is 10. The highest BCUT2D eigenvalue weighted by Crippen LogP contribution is 2.43. The number of hydrogen-bond donors (Lipinski definition) is 1. The second-order valence-corrected chi connectivity index (χ2v) is 10.0. The third-order valence-corrected chi connectivity index (χ3v) is 6.86. The van der Waals surface area contributed by atoms with Gasteiger partial charge in [0.05, 0.1) is 17.2 Å². The van der Waals surface area contributed by atoms with Gasteiger partial charge in [-0.15, -0.1) is 5.10 Å². The van der Waals surface area contributed by atoms with Crippen LogP contribution in [0, 0.1) is 5.82 Å². The molecule has 2 heterocycles. The summed E-state index contributed by atoms with van der Waals surface area (Å²) in [6.45, 7) is 7.51. The van der Waals surface area contributed by atoms with Gasteiger partial charge in [-0.3, -0.25) is 0 Å². The molecule has 3 aromatic rings. The van der Waals surface area contributed by atoms with Crippen LogP contribution in [0.5, 0.6) is 11.5 Å². The zero-order valence-corrected chi connectivity index (χ0v) is 23.0. The number of benzene rings is 2. The summed E-state index contributed by atoms with van der Waals surface area (Å²) in [5.74, 6) is 1.25. The van der Waals surface area contributed by atoms with Crippen molar-refractivity contribution in [2.75, 3.05) is 24.8 Å². The van der Waals surface area contributed by atoms with E-state index in [1.165, 1.54) is 31.0 Å². The first-order valence-electron chi connectivity index (χ1n) is 11.5. The van der Waals surface area contributed by atoms with Crippen LogP contribution in [0.3, 0.4) is 0 Å². The molecule has 194 valence electrons. The van der Waals surface area contributed by atoms with E-state index >= 15 is 0 Å². The van der Waals surface area contributed by atoms with Crippen LogP contribution in [-0.4, -0.2) is 40.2 Å². The lowest BCUT2D eigenvalue weighted by Crippen LogP contribution is -2.29. The summed E-state index contributed by atoms with van der Waals surface area (Å²) in [7, 11) is 1.52. The van der Waals surface area contributed by atoms with Gasteiger partial charge in [0.15, 0.2) is 11.5 Å². The molecule has 1 atom stereocenters. The second-order valence-electron chi connectivity index (χ2n) is 7.96. The van der Waals surface area contributed by atoms with E-state index in [9.17, 15) is 9.18 Å². The number of methoxy groups -OCH3 is 1. The number of halogens is 2. The fourth-order valence-corrected chi connectivity index (χ4v) is 5.04. The smallest absolute Gasteiger partial charge is 0.338 e. The molecular weight excluding hydrogens is 563 g/mol. The van der Waals surface area contributed by atoms with Crippen molar-refractivity contribution < 1.29 is 23.4 Å². The number of allylic oxidation sites excluding steroid dienone is 1. The van der Waals surface area contributed by atoms with Gasteiger partial charge in [0.2, 0.25) is 11.1 Å². The minimum Gasteiger partial charge on any atom is -0.493 e. The van der Waals surface area contributed by atoms with Crippen molar-refractivity contribution in [3.63, 3.8) is 0 Å². The molecule has 37 heavy (non-hydrogen) atoms. The number of anilines is 1. The fraction of sp³-hybridized carbons (Fsp3) is 0.269. The van der Waals surface area contributed by atoms with E-state index in [0.717, 1.165) is 5.75 Å². The Morgan fingerprint density at radius 1 is 1.35 bits per heavy atom. The molecule has 2 aromatic carbocycles. The Bertz CT molecular complexity index is 1360. The van der Waals surface area contributed by atoms with Gasteiger partial charge in [0, 0.05) is 11.3 Å². The summed E-state index contributed by atoms with van der Waals surface area (Å²) in [5.41, 5.74) is 2.08. The molecule has 1 unspecified atom stereocenters. The molecule has 1 aromatic heterocycles. The zero-order chi connectivity index (χ0) is 26.5. The Balaban J connectivity index is 1.77. The average Bonchev–Trinajstić information content (AvgIpc) is 3.28. The van der Waals surface area contributed by atoms with Gasteiger partial charge in [-0.2, -0.15) is 4.98 Å². The molecule has 0 radical (unpaired) electrons. The zero-order valence-electron chi connectivity index (χ0n) is 20.6.